The van der Waals surface area contributed by atoms with E-state index in [0.29, 0.717) is 30.2 Å². The maximum Gasteiger partial charge on any atom is 0.320 e. The Bertz CT molecular complexity index is 1740. The van der Waals surface area contributed by atoms with Crippen molar-refractivity contribution >= 4 is 11.8 Å². The van der Waals surface area contributed by atoms with Gasteiger partial charge in [-0.3, -0.25) is 10.00 Å². The molecule has 2 atom stereocenters. The quantitative estimate of drug-likeness (QED) is 0.217. The standard InChI is InChI=1S/C34H35F2N7O/c1-23-32(26-19-37-41(2)20-26)40-43(27-13-7-4-8-14-27)33(23)39-34(44)38-31-22-42(17-9-12-24-10-5-3-6-11-24)21-28(31)25-15-16-29(35)30(36)18-25/h3-8,10-11,13-16,18-20,28,31H,9,12,17,21-22H2,1-2H3,(H2,38,39,44)/t28-,31+/m0/s1. The number of aryl methyl sites for hydroxylation is 2. The van der Waals surface area contributed by atoms with Crippen LogP contribution in [0, 0.1) is 18.6 Å². The molecule has 3 heterocycles. The van der Waals surface area contributed by atoms with Gasteiger partial charge >= 0.3 is 6.03 Å². The summed E-state index contributed by atoms with van der Waals surface area (Å²) < 4.78 is 31.5. The van der Waals surface area contributed by atoms with Crippen molar-refractivity contribution in [3.05, 3.63) is 120 Å². The van der Waals surface area contributed by atoms with E-state index in [1.165, 1.54) is 11.6 Å². The number of carbonyl (C=O) groups excluding carboxylic acids is 1. The van der Waals surface area contributed by atoms with Crippen molar-refractivity contribution in [2.24, 2.45) is 7.05 Å². The molecule has 0 radical (unpaired) electrons. The highest BCUT2D eigenvalue weighted by Crippen LogP contribution is 2.32. The van der Waals surface area contributed by atoms with E-state index in [9.17, 15) is 13.6 Å². The number of nitrogens with zero attached hydrogens (tertiary/aromatic N) is 5. The second kappa shape index (κ2) is 12.8. The highest BCUT2D eigenvalue weighted by molar-refractivity contribution is 5.91. The number of carbonyl (C=O) groups is 1. The van der Waals surface area contributed by atoms with E-state index < -0.39 is 17.7 Å². The number of nitrogens with one attached hydrogen (secondary N) is 2. The fourth-order valence-electron chi connectivity index (χ4n) is 5.97. The first-order valence-electron chi connectivity index (χ1n) is 14.8. The zero-order valence-corrected chi connectivity index (χ0v) is 24.8. The number of hydrogen-bond donors (Lipinski definition) is 2. The molecule has 226 valence electrons. The highest BCUT2D eigenvalue weighted by Gasteiger charge is 2.35. The lowest BCUT2D eigenvalue weighted by atomic mass is 9.94. The molecule has 8 nitrogen and oxygen atoms in total. The topological polar surface area (TPSA) is 80.0 Å². The Morgan fingerprint density at radius 2 is 1.73 bits per heavy atom. The fourth-order valence-corrected chi connectivity index (χ4v) is 5.97. The van der Waals surface area contributed by atoms with Crippen LogP contribution in [0.5, 0.6) is 0 Å². The van der Waals surface area contributed by atoms with Gasteiger partial charge in [0.15, 0.2) is 11.6 Å². The Kier molecular flexibility index (Phi) is 8.51. The van der Waals surface area contributed by atoms with Gasteiger partial charge in [-0.15, -0.1) is 0 Å². The number of likely N-dealkylation sites (tertiary alicyclic amines) is 1. The number of hydrogen-bond acceptors (Lipinski definition) is 4. The number of amides is 2. The third-order valence-electron chi connectivity index (χ3n) is 8.20. The number of anilines is 1. The average molecular weight is 596 g/mol. The zero-order chi connectivity index (χ0) is 30.6. The number of rotatable bonds is 9. The van der Waals surface area contributed by atoms with E-state index in [1.54, 1.807) is 21.6 Å². The van der Waals surface area contributed by atoms with E-state index >= 15 is 0 Å². The summed E-state index contributed by atoms with van der Waals surface area (Å²) in [6.07, 6.45) is 5.51. The Hall–Kier alpha value is -4.83. The Morgan fingerprint density at radius 1 is 0.977 bits per heavy atom. The molecule has 3 aromatic carbocycles. The van der Waals surface area contributed by atoms with Crippen LogP contribution in [0.3, 0.4) is 0 Å². The van der Waals surface area contributed by atoms with E-state index in [2.05, 4.69) is 32.8 Å². The smallest absolute Gasteiger partial charge is 0.320 e. The van der Waals surface area contributed by atoms with Crippen LogP contribution >= 0.6 is 0 Å². The van der Waals surface area contributed by atoms with Gasteiger partial charge in [0, 0.05) is 43.4 Å². The first-order chi connectivity index (χ1) is 21.4. The van der Waals surface area contributed by atoms with E-state index in [1.807, 2.05) is 68.7 Å². The summed E-state index contributed by atoms with van der Waals surface area (Å²) in [5.74, 6) is -1.45. The Balaban J connectivity index is 1.22. The number of halogens is 2. The van der Waals surface area contributed by atoms with Crippen LogP contribution in [0.4, 0.5) is 19.4 Å². The molecule has 44 heavy (non-hydrogen) atoms. The van der Waals surface area contributed by atoms with Gasteiger partial charge in [-0.1, -0.05) is 54.6 Å². The third kappa shape index (κ3) is 6.40. The molecule has 1 aliphatic heterocycles. The number of aromatic nitrogens is 4. The predicted molar refractivity (Wildman–Crippen MR) is 167 cm³/mol. The molecule has 2 N–H and O–H groups in total. The second-order valence-corrected chi connectivity index (χ2v) is 11.3. The van der Waals surface area contributed by atoms with Gasteiger partial charge in [0.05, 0.1) is 17.9 Å². The summed E-state index contributed by atoms with van der Waals surface area (Å²) in [6, 6.07) is 23.2. The molecule has 1 aliphatic rings. The van der Waals surface area contributed by atoms with Gasteiger partial charge in [0.25, 0.3) is 0 Å². The summed E-state index contributed by atoms with van der Waals surface area (Å²) >= 11 is 0. The van der Waals surface area contributed by atoms with Gasteiger partial charge in [0.2, 0.25) is 0 Å². The molecule has 1 saturated heterocycles. The van der Waals surface area contributed by atoms with Gasteiger partial charge in [-0.25, -0.2) is 18.3 Å². The maximum absolute atomic E-state index is 14.3. The van der Waals surface area contributed by atoms with Crippen molar-refractivity contribution in [1.82, 2.24) is 29.8 Å². The van der Waals surface area contributed by atoms with Crippen molar-refractivity contribution in [1.29, 1.82) is 0 Å². The fraction of sp³-hybridized carbons (Fsp3) is 0.265. The van der Waals surface area contributed by atoms with E-state index in [4.69, 9.17) is 5.10 Å². The Morgan fingerprint density at radius 3 is 2.43 bits per heavy atom. The van der Waals surface area contributed by atoms with Crippen molar-refractivity contribution in [3.8, 4) is 16.9 Å². The lowest BCUT2D eigenvalue weighted by Crippen LogP contribution is -2.42. The van der Waals surface area contributed by atoms with Gasteiger partial charge in [-0.2, -0.15) is 10.2 Å². The molecule has 2 amide bonds. The Labute approximate surface area is 255 Å². The van der Waals surface area contributed by atoms with Crippen LogP contribution in [0.25, 0.3) is 16.9 Å². The summed E-state index contributed by atoms with van der Waals surface area (Å²) in [5.41, 5.74) is 5.07. The molecule has 0 saturated carbocycles. The monoisotopic (exact) mass is 595 g/mol. The summed E-state index contributed by atoms with van der Waals surface area (Å²) in [5, 5.41) is 15.3. The summed E-state index contributed by atoms with van der Waals surface area (Å²) in [7, 11) is 1.84. The summed E-state index contributed by atoms with van der Waals surface area (Å²) in [6.45, 7) is 3.95. The molecule has 1 fully saturated rings. The predicted octanol–water partition coefficient (Wildman–Crippen LogP) is 6.08. The molecule has 10 heteroatoms. The molecule has 5 aromatic rings. The molecule has 0 spiro atoms. The third-order valence-corrected chi connectivity index (χ3v) is 8.20. The molecule has 0 bridgehead atoms. The minimum Gasteiger partial charge on any atom is -0.333 e. The molecular formula is C34H35F2N7O. The molecule has 6 rings (SSSR count). The largest absolute Gasteiger partial charge is 0.333 e. The maximum atomic E-state index is 14.3. The number of para-hydroxylation sites is 1. The number of urea groups is 1. The van der Waals surface area contributed by atoms with Crippen LogP contribution in [-0.2, 0) is 13.5 Å². The summed E-state index contributed by atoms with van der Waals surface area (Å²) in [4.78, 5) is 15.9. The molecule has 0 aliphatic carbocycles. The second-order valence-electron chi connectivity index (χ2n) is 11.3. The minimum atomic E-state index is -0.890. The van der Waals surface area contributed by atoms with Crippen LogP contribution in [-0.4, -0.2) is 56.2 Å². The van der Waals surface area contributed by atoms with Crippen molar-refractivity contribution in [3.63, 3.8) is 0 Å². The van der Waals surface area contributed by atoms with E-state index in [-0.39, 0.29) is 12.0 Å². The normalized spacial score (nSPS) is 16.7. The average Bonchev–Trinajstić information content (AvgIpc) is 3.73. The van der Waals surface area contributed by atoms with E-state index in [0.717, 1.165) is 42.3 Å². The SMILES string of the molecule is Cc1c(-c2cnn(C)c2)nn(-c2ccccc2)c1NC(=O)N[C@@H]1CN(CCCc2ccccc2)C[C@H]1c1ccc(F)c(F)c1. The molecular weight excluding hydrogens is 560 g/mol. The highest BCUT2D eigenvalue weighted by atomic mass is 19.2. The van der Waals surface area contributed by atoms with Crippen LogP contribution < -0.4 is 10.6 Å². The first-order valence-corrected chi connectivity index (χ1v) is 14.8. The van der Waals surface area contributed by atoms with Crippen molar-refractivity contribution < 1.29 is 13.6 Å². The van der Waals surface area contributed by atoms with Gasteiger partial charge < -0.3 is 10.2 Å². The minimum absolute atomic E-state index is 0.210. The van der Waals surface area contributed by atoms with Crippen molar-refractivity contribution in [2.45, 2.75) is 31.7 Å². The van der Waals surface area contributed by atoms with Crippen LogP contribution in [0.1, 0.15) is 29.0 Å². The molecule has 0 unspecified atom stereocenters. The zero-order valence-electron chi connectivity index (χ0n) is 24.8. The van der Waals surface area contributed by atoms with Crippen LogP contribution in [0.2, 0.25) is 0 Å². The first kappa shape index (κ1) is 29.3. The lowest BCUT2D eigenvalue weighted by Gasteiger charge is -2.21. The van der Waals surface area contributed by atoms with Gasteiger partial charge in [-0.05, 0) is 61.7 Å². The number of benzene rings is 3. The van der Waals surface area contributed by atoms with Crippen LogP contribution in [0.15, 0.2) is 91.3 Å². The lowest BCUT2D eigenvalue weighted by molar-refractivity contribution is 0.247. The molecule has 2 aromatic heterocycles. The van der Waals surface area contributed by atoms with Gasteiger partial charge in [0.1, 0.15) is 11.5 Å². The van der Waals surface area contributed by atoms with Crippen molar-refractivity contribution in [2.75, 3.05) is 25.0 Å².